The van der Waals surface area contributed by atoms with Gasteiger partial charge in [-0.25, -0.2) is 0 Å². The number of rotatable bonds is 3. The van der Waals surface area contributed by atoms with Crippen molar-refractivity contribution in [2.45, 2.75) is 26.1 Å². The van der Waals surface area contributed by atoms with Gasteiger partial charge in [0.1, 0.15) is 0 Å². The smallest absolute Gasteiger partial charge is 0.252 e. The van der Waals surface area contributed by atoms with E-state index in [0.717, 1.165) is 29.6 Å². The number of benzene rings is 2. The molecule has 0 saturated heterocycles. The third kappa shape index (κ3) is 2.66. The van der Waals surface area contributed by atoms with Crippen LogP contribution in [0, 0.1) is 0 Å². The van der Waals surface area contributed by atoms with Gasteiger partial charge in [0, 0.05) is 23.5 Å². The summed E-state index contributed by atoms with van der Waals surface area (Å²) < 4.78 is 0. The van der Waals surface area contributed by atoms with Crippen LogP contribution in [0.2, 0.25) is 5.02 Å². The highest BCUT2D eigenvalue weighted by atomic mass is 35.5. The van der Waals surface area contributed by atoms with Crippen LogP contribution in [0.25, 0.3) is 10.9 Å². The first kappa shape index (κ1) is 15.2. The Morgan fingerprint density at radius 1 is 1.25 bits per heavy atom. The quantitative estimate of drug-likeness (QED) is 0.685. The van der Waals surface area contributed by atoms with E-state index in [4.69, 9.17) is 11.6 Å². The fourth-order valence-electron chi connectivity index (χ4n) is 3.15. The van der Waals surface area contributed by atoms with Crippen LogP contribution in [0.3, 0.4) is 0 Å². The fraction of sp³-hybridized carbons (Fsp3) is 0.222. The van der Waals surface area contributed by atoms with Gasteiger partial charge in [0.25, 0.3) is 5.91 Å². The molecule has 0 spiro atoms. The second kappa shape index (κ2) is 5.92. The van der Waals surface area contributed by atoms with Gasteiger partial charge in [0.05, 0.1) is 23.3 Å². The topological polar surface area (TPSA) is 69.8 Å². The predicted octanol–water partition coefficient (Wildman–Crippen LogP) is 3.31. The van der Waals surface area contributed by atoms with E-state index in [0.29, 0.717) is 10.6 Å². The van der Waals surface area contributed by atoms with Crippen molar-refractivity contribution >= 4 is 28.4 Å². The first-order valence-corrected chi connectivity index (χ1v) is 8.25. The van der Waals surface area contributed by atoms with Crippen molar-refractivity contribution in [3.8, 4) is 0 Å². The lowest BCUT2D eigenvalue weighted by molar-refractivity contribution is 0.0941. The SMILES string of the molecule is C[C@H](NC(=O)c1cc(Cl)cc2[nH]ncc12)c1ccc2c(c1)CNC2. The molecule has 6 heteroatoms. The average Bonchev–Trinajstić information content (AvgIpc) is 3.21. The summed E-state index contributed by atoms with van der Waals surface area (Å²) >= 11 is 6.11. The summed E-state index contributed by atoms with van der Waals surface area (Å²) in [6.07, 6.45) is 1.65. The van der Waals surface area contributed by atoms with Crippen LogP contribution in [0.5, 0.6) is 0 Å². The Kier molecular flexibility index (Phi) is 3.75. The maximum atomic E-state index is 12.7. The van der Waals surface area contributed by atoms with Crippen molar-refractivity contribution in [2.75, 3.05) is 0 Å². The van der Waals surface area contributed by atoms with E-state index in [1.165, 1.54) is 11.1 Å². The number of hydrogen-bond donors (Lipinski definition) is 3. The second-order valence-corrected chi connectivity index (χ2v) is 6.55. The third-order valence-corrected chi connectivity index (χ3v) is 4.70. The van der Waals surface area contributed by atoms with E-state index in [1.807, 2.05) is 6.92 Å². The summed E-state index contributed by atoms with van der Waals surface area (Å²) in [5.74, 6) is -0.157. The lowest BCUT2D eigenvalue weighted by Gasteiger charge is -2.16. The summed E-state index contributed by atoms with van der Waals surface area (Å²) in [5.41, 5.74) is 5.00. The molecule has 1 amide bonds. The number of aromatic nitrogens is 2. The van der Waals surface area contributed by atoms with Crippen LogP contribution in [0.15, 0.2) is 36.5 Å². The van der Waals surface area contributed by atoms with Crippen molar-refractivity contribution in [1.29, 1.82) is 0 Å². The molecule has 0 aliphatic carbocycles. The van der Waals surface area contributed by atoms with Gasteiger partial charge in [-0.05, 0) is 35.7 Å². The highest BCUT2D eigenvalue weighted by Gasteiger charge is 2.17. The van der Waals surface area contributed by atoms with Crippen molar-refractivity contribution in [1.82, 2.24) is 20.8 Å². The van der Waals surface area contributed by atoms with Gasteiger partial charge < -0.3 is 10.6 Å². The molecule has 3 aromatic rings. The lowest BCUT2D eigenvalue weighted by atomic mass is 10.0. The third-order valence-electron chi connectivity index (χ3n) is 4.48. The highest BCUT2D eigenvalue weighted by molar-refractivity contribution is 6.32. The molecular weight excluding hydrogens is 324 g/mol. The lowest BCUT2D eigenvalue weighted by Crippen LogP contribution is -2.26. The maximum absolute atomic E-state index is 12.7. The first-order valence-electron chi connectivity index (χ1n) is 7.88. The number of amides is 1. The Balaban J connectivity index is 1.60. The van der Waals surface area contributed by atoms with E-state index in [2.05, 4.69) is 39.0 Å². The summed E-state index contributed by atoms with van der Waals surface area (Å²) in [5, 5.41) is 14.5. The zero-order valence-corrected chi connectivity index (χ0v) is 13.9. The first-order chi connectivity index (χ1) is 11.6. The molecule has 122 valence electrons. The summed E-state index contributed by atoms with van der Waals surface area (Å²) in [4.78, 5) is 12.7. The Labute approximate surface area is 144 Å². The van der Waals surface area contributed by atoms with E-state index in [1.54, 1.807) is 18.3 Å². The molecule has 24 heavy (non-hydrogen) atoms. The highest BCUT2D eigenvalue weighted by Crippen LogP contribution is 2.24. The number of nitrogens with one attached hydrogen (secondary N) is 3. The van der Waals surface area contributed by atoms with E-state index >= 15 is 0 Å². The van der Waals surface area contributed by atoms with Gasteiger partial charge in [-0.3, -0.25) is 9.89 Å². The van der Waals surface area contributed by atoms with Crippen LogP contribution >= 0.6 is 11.6 Å². The molecular formula is C18H17ClN4O. The molecule has 4 rings (SSSR count). The number of nitrogens with zero attached hydrogens (tertiary/aromatic N) is 1. The van der Waals surface area contributed by atoms with Gasteiger partial charge in [0.15, 0.2) is 0 Å². The number of fused-ring (bicyclic) bond motifs is 2. The van der Waals surface area contributed by atoms with Gasteiger partial charge in [-0.1, -0.05) is 29.8 Å². The van der Waals surface area contributed by atoms with E-state index in [-0.39, 0.29) is 11.9 Å². The van der Waals surface area contributed by atoms with Crippen molar-refractivity contribution in [3.63, 3.8) is 0 Å². The minimum Gasteiger partial charge on any atom is -0.345 e. The zero-order chi connectivity index (χ0) is 16.7. The fourth-order valence-corrected chi connectivity index (χ4v) is 3.36. The van der Waals surface area contributed by atoms with E-state index < -0.39 is 0 Å². The van der Waals surface area contributed by atoms with Gasteiger partial charge in [0.2, 0.25) is 0 Å². The molecule has 5 nitrogen and oxygen atoms in total. The number of hydrogen-bond acceptors (Lipinski definition) is 3. The standard InChI is InChI=1S/C18H17ClN4O/c1-10(11-2-3-12-7-20-8-13(12)4-11)22-18(24)15-5-14(19)6-17-16(15)9-21-23-17/h2-6,9-10,20H,7-8H2,1H3,(H,21,23)(H,22,24)/t10-/m0/s1. The summed E-state index contributed by atoms with van der Waals surface area (Å²) in [7, 11) is 0. The van der Waals surface area contributed by atoms with Gasteiger partial charge in [-0.2, -0.15) is 5.10 Å². The molecule has 3 N–H and O–H groups in total. The normalized spacial score (nSPS) is 14.6. The molecule has 0 unspecified atom stereocenters. The Hall–Kier alpha value is -2.37. The monoisotopic (exact) mass is 340 g/mol. The van der Waals surface area contributed by atoms with Crippen molar-refractivity contribution in [2.24, 2.45) is 0 Å². The van der Waals surface area contributed by atoms with Gasteiger partial charge >= 0.3 is 0 Å². The summed E-state index contributed by atoms with van der Waals surface area (Å²) in [6, 6.07) is 9.70. The number of halogens is 1. The number of carbonyl (C=O) groups is 1. The molecule has 1 aliphatic rings. The molecule has 1 aliphatic heterocycles. The molecule has 1 atom stereocenters. The zero-order valence-electron chi connectivity index (χ0n) is 13.2. The van der Waals surface area contributed by atoms with Crippen LogP contribution in [-0.2, 0) is 13.1 Å². The molecule has 0 fully saturated rings. The maximum Gasteiger partial charge on any atom is 0.252 e. The minimum absolute atomic E-state index is 0.0932. The van der Waals surface area contributed by atoms with Crippen LogP contribution in [0.4, 0.5) is 0 Å². The van der Waals surface area contributed by atoms with Crippen molar-refractivity contribution < 1.29 is 4.79 Å². The Morgan fingerprint density at radius 2 is 2.08 bits per heavy atom. The molecule has 2 aromatic carbocycles. The largest absolute Gasteiger partial charge is 0.345 e. The molecule has 2 heterocycles. The summed E-state index contributed by atoms with van der Waals surface area (Å²) in [6.45, 7) is 3.78. The molecule has 0 saturated carbocycles. The molecule has 0 bridgehead atoms. The molecule has 0 radical (unpaired) electrons. The number of carbonyl (C=O) groups excluding carboxylic acids is 1. The van der Waals surface area contributed by atoms with Crippen LogP contribution in [-0.4, -0.2) is 16.1 Å². The predicted molar refractivity (Wildman–Crippen MR) is 94.0 cm³/mol. The Morgan fingerprint density at radius 3 is 2.96 bits per heavy atom. The van der Waals surface area contributed by atoms with Crippen molar-refractivity contribution in [3.05, 3.63) is 63.8 Å². The van der Waals surface area contributed by atoms with Crippen LogP contribution in [0.1, 0.15) is 40.0 Å². The average molecular weight is 341 g/mol. The van der Waals surface area contributed by atoms with Crippen LogP contribution < -0.4 is 10.6 Å². The number of H-pyrrole nitrogens is 1. The second-order valence-electron chi connectivity index (χ2n) is 6.11. The number of aromatic amines is 1. The molecule has 1 aromatic heterocycles. The van der Waals surface area contributed by atoms with E-state index in [9.17, 15) is 4.79 Å². The van der Waals surface area contributed by atoms with Gasteiger partial charge in [-0.15, -0.1) is 0 Å². The minimum atomic E-state index is -0.157. The Bertz CT molecular complexity index is 934.